The van der Waals surface area contributed by atoms with Crippen LogP contribution in [0.1, 0.15) is 11.6 Å². The molecule has 4 heteroatoms. The molecule has 0 bridgehead atoms. The van der Waals surface area contributed by atoms with Crippen molar-refractivity contribution in [3.8, 4) is 5.69 Å². The van der Waals surface area contributed by atoms with E-state index in [0.717, 1.165) is 11.3 Å². The van der Waals surface area contributed by atoms with Crippen molar-refractivity contribution in [1.29, 1.82) is 0 Å². The topological polar surface area (TPSA) is 64.1 Å². The lowest BCUT2D eigenvalue weighted by Crippen LogP contribution is -2.14. The Bertz CT molecular complexity index is 425. The molecule has 0 unspecified atom stereocenters. The minimum Gasteiger partial charge on any atom is -0.394 e. The van der Waals surface area contributed by atoms with Crippen LogP contribution < -0.4 is 5.73 Å². The number of aromatic nitrogens is 2. The first-order valence-electron chi connectivity index (χ1n) is 4.77. The molecule has 0 saturated carbocycles. The Labute approximate surface area is 88.0 Å². The molecule has 0 amide bonds. The van der Waals surface area contributed by atoms with Gasteiger partial charge in [0, 0.05) is 12.4 Å². The third-order valence-corrected chi connectivity index (χ3v) is 2.26. The molecule has 0 aliphatic heterocycles. The summed E-state index contributed by atoms with van der Waals surface area (Å²) in [5, 5.41) is 13.1. The summed E-state index contributed by atoms with van der Waals surface area (Å²) in [6, 6.07) is 9.20. The third-order valence-electron chi connectivity index (χ3n) is 2.26. The predicted octanol–water partition coefficient (Wildman–Crippen LogP) is 0.864. The highest BCUT2D eigenvalue weighted by Crippen LogP contribution is 2.14. The van der Waals surface area contributed by atoms with Gasteiger partial charge < -0.3 is 10.8 Å². The van der Waals surface area contributed by atoms with Crippen molar-refractivity contribution in [1.82, 2.24) is 9.78 Å². The van der Waals surface area contributed by atoms with Crippen molar-refractivity contribution >= 4 is 0 Å². The van der Waals surface area contributed by atoms with E-state index in [-0.39, 0.29) is 12.6 Å². The van der Waals surface area contributed by atoms with Gasteiger partial charge in [0.05, 0.1) is 18.3 Å². The quantitative estimate of drug-likeness (QED) is 0.777. The highest BCUT2D eigenvalue weighted by atomic mass is 16.3. The summed E-state index contributed by atoms with van der Waals surface area (Å²) < 4.78 is 1.76. The molecule has 15 heavy (non-hydrogen) atoms. The fraction of sp³-hybridized carbons (Fsp3) is 0.182. The van der Waals surface area contributed by atoms with Crippen molar-refractivity contribution < 1.29 is 5.11 Å². The van der Waals surface area contributed by atoms with Crippen LogP contribution >= 0.6 is 0 Å². The lowest BCUT2D eigenvalue weighted by atomic mass is 10.1. The molecule has 0 spiro atoms. The standard InChI is InChI=1S/C11H13N3O/c12-11(8-15)9-3-1-4-10(7-9)14-6-2-5-13-14/h1-7,11,15H,8,12H2/t11-/m1/s1. The summed E-state index contributed by atoms with van der Waals surface area (Å²) in [5.41, 5.74) is 7.59. The van der Waals surface area contributed by atoms with Gasteiger partial charge in [-0.15, -0.1) is 0 Å². The Morgan fingerprint density at radius 2 is 2.27 bits per heavy atom. The smallest absolute Gasteiger partial charge is 0.0648 e. The molecular formula is C11H13N3O. The normalized spacial score (nSPS) is 12.7. The fourth-order valence-corrected chi connectivity index (χ4v) is 1.42. The molecule has 1 heterocycles. The Morgan fingerprint density at radius 3 is 2.93 bits per heavy atom. The minimum absolute atomic E-state index is 0.0530. The van der Waals surface area contributed by atoms with Gasteiger partial charge in [-0.25, -0.2) is 4.68 Å². The van der Waals surface area contributed by atoms with Gasteiger partial charge in [0.1, 0.15) is 0 Å². The maximum absolute atomic E-state index is 8.96. The Morgan fingerprint density at radius 1 is 1.40 bits per heavy atom. The van der Waals surface area contributed by atoms with Crippen LogP contribution in [0, 0.1) is 0 Å². The number of hydrogen-bond acceptors (Lipinski definition) is 3. The van der Waals surface area contributed by atoms with Gasteiger partial charge in [-0.05, 0) is 23.8 Å². The van der Waals surface area contributed by atoms with Crippen molar-refractivity contribution in [2.75, 3.05) is 6.61 Å². The van der Waals surface area contributed by atoms with Crippen LogP contribution in [0.5, 0.6) is 0 Å². The third kappa shape index (κ3) is 2.06. The highest BCUT2D eigenvalue weighted by molar-refractivity contribution is 5.36. The molecule has 3 N–H and O–H groups in total. The molecule has 1 atom stereocenters. The number of benzene rings is 1. The second-order valence-electron chi connectivity index (χ2n) is 3.33. The molecule has 0 aliphatic rings. The Balaban J connectivity index is 2.35. The van der Waals surface area contributed by atoms with E-state index in [2.05, 4.69) is 5.10 Å². The predicted molar refractivity (Wildman–Crippen MR) is 57.6 cm³/mol. The average molecular weight is 203 g/mol. The lowest BCUT2D eigenvalue weighted by Gasteiger charge is -2.10. The van der Waals surface area contributed by atoms with Crippen LogP contribution in [0.4, 0.5) is 0 Å². The van der Waals surface area contributed by atoms with Gasteiger partial charge >= 0.3 is 0 Å². The van der Waals surface area contributed by atoms with Gasteiger partial charge in [0.25, 0.3) is 0 Å². The zero-order valence-corrected chi connectivity index (χ0v) is 8.24. The summed E-state index contributed by atoms with van der Waals surface area (Å²) >= 11 is 0. The van der Waals surface area contributed by atoms with E-state index in [4.69, 9.17) is 10.8 Å². The van der Waals surface area contributed by atoms with Gasteiger partial charge in [0.2, 0.25) is 0 Å². The van der Waals surface area contributed by atoms with Crippen LogP contribution in [0.2, 0.25) is 0 Å². The van der Waals surface area contributed by atoms with E-state index in [1.54, 1.807) is 10.9 Å². The maximum atomic E-state index is 8.96. The van der Waals surface area contributed by atoms with E-state index in [1.807, 2.05) is 36.5 Å². The van der Waals surface area contributed by atoms with E-state index in [9.17, 15) is 0 Å². The van der Waals surface area contributed by atoms with Crippen molar-refractivity contribution in [2.45, 2.75) is 6.04 Å². The van der Waals surface area contributed by atoms with Crippen molar-refractivity contribution in [3.63, 3.8) is 0 Å². The van der Waals surface area contributed by atoms with Crippen LogP contribution in [-0.2, 0) is 0 Å². The molecule has 1 aromatic carbocycles. The number of nitrogens with two attached hydrogens (primary N) is 1. The summed E-state index contributed by atoms with van der Waals surface area (Å²) in [6.45, 7) is -0.0530. The molecule has 0 fully saturated rings. The number of rotatable bonds is 3. The average Bonchev–Trinajstić information content (AvgIpc) is 2.82. The summed E-state index contributed by atoms with van der Waals surface area (Å²) in [6.07, 6.45) is 3.59. The second-order valence-corrected chi connectivity index (χ2v) is 3.33. The van der Waals surface area contributed by atoms with Gasteiger partial charge in [-0.3, -0.25) is 0 Å². The van der Waals surface area contributed by atoms with Crippen molar-refractivity contribution in [2.24, 2.45) is 5.73 Å². The van der Waals surface area contributed by atoms with Crippen LogP contribution in [0.3, 0.4) is 0 Å². The molecule has 78 valence electrons. The summed E-state index contributed by atoms with van der Waals surface area (Å²) in [5.74, 6) is 0. The number of aliphatic hydroxyl groups is 1. The van der Waals surface area contributed by atoms with Crippen LogP contribution in [0.15, 0.2) is 42.7 Å². The molecule has 0 radical (unpaired) electrons. The zero-order valence-electron chi connectivity index (χ0n) is 8.24. The largest absolute Gasteiger partial charge is 0.394 e. The van der Waals surface area contributed by atoms with E-state index < -0.39 is 0 Å². The maximum Gasteiger partial charge on any atom is 0.0648 e. The molecule has 0 saturated heterocycles. The number of nitrogens with zero attached hydrogens (tertiary/aromatic N) is 2. The Kier molecular flexibility index (Phi) is 2.80. The first kappa shape index (κ1) is 9.89. The molecule has 0 aliphatic carbocycles. The SMILES string of the molecule is N[C@H](CO)c1cccc(-n2cccn2)c1. The molecule has 1 aromatic heterocycles. The van der Waals surface area contributed by atoms with E-state index in [0.29, 0.717) is 0 Å². The monoisotopic (exact) mass is 203 g/mol. The van der Waals surface area contributed by atoms with Crippen LogP contribution in [0.25, 0.3) is 5.69 Å². The minimum atomic E-state index is -0.333. The first-order valence-corrected chi connectivity index (χ1v) is 4.77. The van der Waals surface area contributed by atoms with Gasteiger partial charge in [0.15, 0.2) is 0 Å². The van der Waals surface area contributed by atoms with E-state index >= 15 is 0 Å². The molecule has 2 rings (SSSR count). The zero-order chi connectivity index (χ0) is 10.7. The fourth-order valence-electron chi connectivity index (χ4n) is 1.42. The van der Waals surface area contributed by atoms with Crippen LogP contribution in [-0.4, -0.2) is 21.5 Å². The molecule has 2 aromatic rings. The Hall–Kier alpha value is -1.65. The van der Waals surface area contributed by atoms with Gasteiger partial charge in [-0.2, -0.15) is 5.10 Å². The first-order chi connectivity index (χ1) is 7.31. The molecular weight excluding hydrogens is 190 g/mol. The second kappa shape index (κ2) is 4.25. The highest BCUT2D eigenvalue weighted by Gasteiger charge is 2.05. The summed E-state index contributed by atoms with van der Waals surface area (Å²) in [4.78, 5) is 0. The number of aliphatic hydroxyl groups excluding tert-OH is 1. The lowest BCUT2D eigenvalue weighted by molar-refractivity contribution is 0.268. The van der Waals surface area contributed by atoms with Gasteiger partial charge in [-0.1, -0.05) is 12.1 Å². The molecule has 4 nitrogen and oxygen atoms in total. The number of hydrogen-bond donors (Lipinski definition) is 2. The van der Waals surface area contributed by atoms with Crippen molar-refractivity contribution in [3.05, 3.63) is 48.3 Å². The van der Waals surface area contributed by atoms with E-state index in [1.165, 1.54) is 0 Å². The summed E-state index contributed by atoms with van der Waals surface area (Å²) in [7, 11) is 0.